The van der Waals surface area contributed by atoms with Crippen molar-refractivity contribution < 1.29 is 33.3 Å². The van der Waals surface area contributed by atoms with Crippen LogP contribution in [0.2, 0.25) is 5.02 Å². The molecule has 0 aliphatic carbocycles. The normalized spacial score (nSPS) is 13.4. The number of ether oxygens (including phenoxy) is 4. The maximum Gasteiger partial charge on any atom is 0.328 e. The molecule has 0 radical (unpaired) electrons. The van der Waals surface area contributed by atoms with Crippen molar-refractivity contribution >= 4 is 29.4 Å². The van der Waals surface area contributed by atoms with Crippen LogP contribution < -0.4 is 19.5 Å². The van der Waals surface area contributed by atoms with E-state index in [0.29, 0.717) is 10.8 Å². The molecule has 0 aliphatic heterocycles. The van der Waals surface area contributed by atoms with E-state index in [2.05, 4.69) is 10.3 Å². The van der Waals surface area contributed by atoms with Gasteiger partial charge in [0, 0.05) is 24.2 Å². The molecular weight excluding hydrogens is 464 g/mol. The van der Waals surface area contributed by atoms with Gasteiger partial charge >= 0.3 is 11.9 Å². The van der Waals surface area contributed by atoms with Gasteiger partial charge in [0.05, 0.1) is 7.11 Å². The zero-order valence-electron chi connectivity index (χ0n) is 20.0. The molecule has 2 aromatic rings. The second-order valence-corrected chi connectivity index (χ2v) is 8.34. The molecule has 0 bridgehead atoms. The standard InChI is InChI=1S/C24H29ClN2O7/c1-13(2)21(15(4)32-18-9-7-8-17(25)12-18)34-24(30)14(3)27-23(29)20-22(33-16(5)28)19(31-6)10-11-26-20/h7-15,21H,1-6H3,(H,27,29)/t14-,15-,21?/m0/s1. The summed E-state index contributed by atoms with van der Waals surface area (Å²) >= 11 is 6.01. The highest BCUT2D eigenvalue weighted by Gasteiger charge is 2.30. The Morgan fingerprint density at radius 1 is 1.09 bits per heavy atom. The number of esters is 2. The Morgan fingerprint density at radius 3 is 2.38 bits per heavy atom. The molecule has 0 spiro atoms. The smallest absolute Gasteiger partial charge is 0.328 e. The number of aromatic nitrogens is 1. The topological polar surface area (TPSA) is 113 Å². The maximum absolute atomic E-state index is 12.8. The summed E-state index contributed by atoms with van der Waals surface area (Å²) < 4.78 is 21.8. The molecular formula is C24H29ClN2O7. The molecule has 34 heavy (non-hydrogen) atoms. The lowest BCUT2D eigenvalue weighted by Gasteiger charge is -2.29. The van der Waals surface area contributed by atoms with Crippen molar-refractivity contribution in [3.63, 3.8) is 0 Å². The average molecular weight is 493 g/mol. The molecule has 0 saturated heterocycles. The van der Waals surface area contributed by atoms with Gasteiger partial charge in [-0.2, -0.15) is 0 Å². The van der Waals surface area contributed by atoms with Gasteiger partial charge in [0.25, 0.3) is 5.91 Å². The maximum atomic E-state index is 12.8. The van der Waals surface area contributed by atoms with Crippen LogP contribution in [-0.4, -0.2) is 48.2 Å². The molecule has 0 saturated carbocycles. The number of nitrogens with one attached hydrogen (secondary N) is 1. The quantitative estimate of drug-likeness (QED) is 0.498. The van der Waals surface area contributed by atoms with Gasteiger partial charge < -0.3 is 24.3 Å². The summed E-state index contributed by atoms with van der Waals surface area (Å²) in [6.45, 7) is 8.24. The highest BCUT2D eigenvalue weighted by molar-refractivity contribution is 6.30. The Morgan fingerprint density at radius 2 is 1.79 bits per heavy atom. The van der Waals surface area contributed by atoms with Crippen molar-refractivity contribution in [1.82, 2.24) is 10.3 Å². The summed E-state index contributed by atoms with van der Waals surface area (Å²) in [7, 11) is 1.36. The second-order valence-electron chi connectivity index (χ2n) is 7.91. The fourth-order valence-corrected chi connectivity index (χ4v) is 3.33. The van der Waals surface area contributed by atoms with Crippen LogP contribution in [0.25, 0.3) is 0 Å². The molecule has 1 N–H and O–H groups in total. The number of nitrogens with zero attached hydrogens (tertiary/aromatic N) is 1. The molecule has 184 valence electrons. The zero-order chi connectivity index (χ0) is 25.4. The first kappa shape index (κ1) is 26.9. The molecule has 1 amide bonds. The number of carbonyl (C=O) groups is 3. The molecule has 9 nitrogen and oxygen atoms in total. The summed E-state index contributed by atoms with van der Waals surface area (Å²) in [5.74, 6) is -1.56. The third-order valence-electron chi connectivity index (χ3n) is 4.74. The molecule has 3 atom stereocenters. The number of rotatable bonds is 10. The fraction of sp³-hybridized carbons (Fsp3) is 0.417. The molecule has 0 fully saturated rings. The van der Waals surface area contributed by atoms with Gasteiger partial charge in [-0.3, -0.25) is 9.59 Å². The molecule has 1 aromatic heterocycles. The van der Waals surface area contributed by atoms with Gasteiger partial charge in [-0.1, -0.05) is 31.5 Å². The van der Waals surface area contributed by atoms with Crippen molar-refractivity contribution in [3.8, 4) is 17.2 Å². The first-order valence-corrected chi connectivity index (χ1v) is 11.1. The second kappa shape index (κ2) is 12.2. The highest BCUT2D eigenvalue weighted by Crippen LogP contribution is 2.29. The SMILES string of the molecule is COc1ccnc(C(=O)N[C@@H](C)C(=O)OC(C(C)C)[C@H](C)Oc2cccc(Cl)c2)c1OC(C)=O. The number of benzene rings is 1. The molecule has 10 heteroatoms. The third kappa shape index (κ3) is 7.34. The van der Waals surface area contributed by atoms with E-state index in [9.17, 15) is 14.4 Å². The number of carbonyl (C=O) groups excluding carboxylic acids is 3. The number of halogens is 1. The lowest BCUT2D eigenvalue weighted by Crippen LogP contribution is -2.45. The number of hydrogen-bond acceptors (Lipinski definition) is 8. The van der Waals surface area contributed by atoms with E-state index in [4.69, 9.17) is 30.5 Å². The molecule has 0 aliphatic rings. The predicted octanol–water partition coefficient (Wildman–Crippen LogP) is 3.82. The van der Waals surface area contributed by atoms with Gasteiger partial charge in [-0.05, 0) is 38.0 Å². The summed E-state index contributed by atoms with van der Waals surface area (Å²) in [6, 6.07) is 7.34. The van der Waals surface area contributed by atoms with Crippen molar-refractivity contribution in [2.24, 2.45) is 5.92 Å². The Kier molecular flexibility index (Phi) is 9.68. The first-order valence-electron chi connectivity index (χ1n) is 10.7. The van der Waals surface area contributed by atoms with Crippen LogP contribution in [0.5, 0.6) is 17.2 Å². The van der Waals surface area contributed by atoms with Crippen molar-refractivity contribution in [1.29, 1.82) is 0 Å². The lowest BCUT2D eigenvalue weighted by molar-refractivity contribution is -0.158. The van der Waals surface area contributed by atoms with E-state index < -0.39 is 36.1 Å². The van der Waals surface area contributed by atoms with Gasteiger partial charge in [0.1, 0.15) is 24.0 Å². The van der Waals surface area contributed by atoms with Crippen molar-refractivity contribution in [2.75, 3.05) is 7.11 Å². The van der Waals surface area contributed by atoms with Crippen LogP contribution >= 0.6 is 11.6 Å². The summed E-state index contributed by atoms with van der Waals surface area (Å²) in [6.07, 6.45) is 0.242. The predicted molar refractivity (Wildman–Crippen MR) is 125 cm³/mol. The zero-order valence-corrected chi connectivity index (χ0v) is 20.7. The Labute approximate surface area is 203 Å². The number of hydrogen-bond donors (Lipinski definition) is 1. The minimum absolute atomic E-state index is 0.0725. The Balaban J connectivity index is 2.10. The number of methoxy groups -OCH3 is 1. The molecule has 1 heterocycles. The Bertz CT molecular complexity index is 1030. The monoisotopic (exact) mass is 492 g/mol. The lowest BCUT2D eigenvalue weighted by atomic mass is 10.0. The molecule has 2 rings (SSSR count). The summed E-state index contributed by atoms with van der Waals surface area (Å²) in [4.78, 5) is 41.0. The van der Waals surface area contributed by atoms with Crippen LogP contribution in [0.1, 0.15) is 45.1 Å². The first-order chi connectivity index (χ1) is 16.0. The van der Waals surface area contributed by atoms with Crippen molar-refractivity contribution in [2.45, 2.75) is 52.9 Å². The summed E-state index contributed by atoms with van der Waals surface area (Å²) in [5, 5.41) is 3.05. The molecule has 1 aromatic carbocycles. The average Bonchev–Trinajstić information content (AvgIpc) is 2.76. The van der Waals surface area contributed by atoms with E-state index in [-0.39, 0.29) is 23.1 Å². The third-order valence-corrected chi connectivity index (χ3v) is 4.98. The van der Waals surface area contributed by atoms with E-state index >= 15 is 0 Å². The van der Waals surface area contributed by atoms with E-state index in [1.54, 1.807) is 31.2 Å². The molecule has 1 unspecified atom stereocenters. The van der Waals surface area contributed by atoms with Crippen LogP contribution in [-0.2, 0) is 14.3 Å². The van der Waals surface area contributed by atoms with Crippen molar-refractivity contribution in [3.05, 3.63) is 47.2 Å². The van der Waals surface area contributed by atoms with Gasteiger partial charge in [-0.15, -0.1) is 0 Å². The number of pyridine rings is 1. The van der Waals surface area contributed by atoms with Gasteiger partial charge in [0.2, 0.25) is 5.75 Å². The van der Waals surface area contributed by atoms with Crippen LogP contribution in [0.4, 0.5) is 0 Å². The van der Waals surface area contributed by atoms with E-state index in [0.717, 1.165) is 0 Å². The van der Waals surface area contributed by atoms with Gasteiger partial charge in [-0.25, -0.2) is 9.78 Å². The Hall–Kier alpha value is -3.33. The van der Waals surface area contributed by atoms with E-state index in [1.807, 2.05) is 13.8 Å². The largest absolute Gasteiger partial charge is 0.493 e. The van der Waals surface area contributed by atoms with E-state index in [1.165, 1.54) is 33.2 Å². The van der Waals surface area contributed by atoms with Crippen LogP contribution in [0.15, 0.2) is 36.5 Å². The summed E-state index contributed by atoms with van der Waals surface area (Å²) in [5.41, 5.74) is -0.202. The number of amides is 1. The van der Waals surface area contributed by atoms with Gasteiger partial charge in [0.15, 0.2) is 11.4 Å². The highest BCUT2D eigenvalue weighted by atomic mass is 35.5. The fourth-order valence-electron chi connectivity index (χ4n) is 3.15. The minimum Gasteiger partial charge on any atom is -0.493 e. The van der Waals surface area contributed by atoms with Crippen LogP contribution in [0, 0.1) is 5.92 Å². The van der Waals surface area contributed by atoms with Crippen LogP contribution in [0.3, 0.4) is 0 Å². The minimum atomic E-state index is -1.02.